The van der Waals surface area contributed by atoms with E-state index in [1.807, 2.05) is 55.4 Å². The van der Waals surface area contributed by atoms with E-state index in [4.69, 9.17) is 0 Å². The summed E-state index contributed by atoms with van der Waals surface area (Å²) in [6.07, 6.45) is 1.52. The lowest BCUT2D eigenvalue weighted by atomic mass is 10.1. The average molecular weight is 408 g/mol. The summed E-state index contributed by atoms with van der Waals surface area (Å²) in [5.74, 6) is -0.514. The molecule has 0 radical (unpaired) electrons. The molecule has 8 heteroatoms. The first-order valence-electron chi connectivity index (χ1n) is 9.02. The zero-order valence-corrected chi connectivity index (χ0v) is 16.8. The van der Waals surface area contributed by atoms with Gasteiger partial charge in [0.25, 0.3) is 15.9 Å². The number of hydrazone groups is 1. The van der Waals surface area contributed by atoms with Crippen molar-refractivity contribution in [2.45, 2.75) is 4.90 Å². The van der Waals surface area contributed by atoms with Crippen molar-refractivity contribution in [1.29, 1.82) is 0 Å². The van der Waals surface area contributed by atoms with E-state index in [0.29, 0.717) is 11.1 Å². The van der Waals surface area contributed by atoms with Gasteiger partial charge in [0.15, 0.2) is 0 Å². The Morgan fingerprint density at radius 1 is 1.07 bits per heavy atom. The molecule has 0 atom stereocenters. The molecule has 1 N–H and O–H groups in total. The van der Waals surface area contributed by atoms with Crippen LogP contribution in [0.5, 0.6) is 0 Å². The average Bonchev–Trinajstić information content (AvgIpc) is 2.92. The van der Waals surface area contributed by atoms with Crippen LogP contribution in [0.3, 0.4) is 0 Å². The van der Waals surface area contributed by atoms with Crippen LogP contribution in [0.1, 0.15) is 5.56 Å². The molecule has 1 aliphatic rings. The van der Waals surface area contributed by atoms with Crippen LogP contribution in [-0.4, -0.2) is 41.2 Å². The van der Waals surface area contributed by atoms with Crippen LogP contribution >= 0.6 is 0 Å². The van der Waals surface area contributed by atoms with Gasteiger partial charge in [-0.25, -0.2) is 13.8 Å². The lowest BCUT2D eigenvalue weighted by Gasteiger charge is -2.17. The second-order valence-corrected chi connectivity index (χ2v) is 8.75. The normalized spacial score (nSPS) is 14.5. The van der Waals surface area contributed by atoms with Gasteiger partial charge in [-0.2, -0.15) is 5.10 Å². The van der Waals surface area contributed by atoms with Crippen molar-refractivity contribution in [3.05, 3.63) is 66.2 Å². The van der Waals surface area contributed by atoms with Gasteiger partial charge in [-0.1, -0.05) is 36.4 Å². The largest absolute Gasteiger partial charge is 0.378 e. The van der Waals surface area contributed by atoms with E-state index in [2.05, 4.69) is 10.5 Å². The van der Waals surface area contributed by atoms with E-state index in [1.54, 1.807) is 24.3 Å². The molecule has 0 fully saturated rings. The monoisotopic (exact) mass is 408 g/mol. The van der Waals surface area contributed by atoms with Crippen molar-refractivity contribution in [3.8, 4) is 0 Å². The molecule has 4 rings (SSSR count). The fourth-order valence-electron chi connectivity index (χ4n) is 3.33. The van der Waals surface area contributed by atoms with Crippen molar-refractivity contribution in [3.63, 3.8) is 0 Å². The predicted molar refractivity (Wildman–Crippen MR) is 115 cm³/mol. The quantitative estimate of drug-likeness (QED) is 0.520. The Labute approximate surface area is 169 Å². The van der Waals surface area contributed by atoms with E-state index in [1.165, 1.54) is 6.21 Å². The number of nitrogens with zero attached hydrogens (tertiary/aromatic N) is 3. The number of hydrogen-bond donors (Lipinski definition) is 1. The molecule has 0 saturated carbocycles. The number of carbonyl (C=O) groups excluding carboxylic acids is 1. The molecule has 0 saturated heterocycles. The zero-order chi connectivity index (χ0) is 20.6. The molecule has 0 bridgehead atoms. The SMILES string of the molecule is CN(C)c1ccc(/C=N\NC(=O)CN2c3cccc4cccc(c34)S2(=O)=O)cc1. The topological polar surface area (TPSA) is 82.1 Å². The minimum absolute atomic E-state index is 0.225. The molecule has 29 heavy (non-hydrogen) atoms. The first kappa shape index (κ1) is 18.9. The first-order valence-corrected chi connectivity index (χ1v) is 10.5. The number of rotatable bonds is 5. The van der Waals surface area contributed by atoms with Gasteiger partial charge in [0.1, 0.15) is 6.54 Å². The van der Waals surface area contributed by atoms with Crippen molar-refractivity contribution >= 4 is 44.3 Å². The Morgan fingerprint density at radius 2 is 1.76 bits per heavy atom. The van der Waals surface area contributed by atoms with Gasteiger partial charge in [-0.05, 0) is 35.2 Å². The Kier molecular flexibility index (Phi) is 4.71. The lowest BCUT2D eigenvalue weighted by Crippen LogP contribution is -2.37. The molecule has 1 aliphatic heterocycles. The summed E-state index contributed by atoms with van der Waals surface area (Å²) >= 11 is 0. The van der Waals surface area contributed by atoms with E-state index in [0.717, 1.165) is 20.9 Å². The summed E-state index contributed by atoms with van der Waals surface area (Å²) in [5, 5.41) is 5.41. The van der Waals surface area contributed by atoms with Crippen molar-refractivity contribution in [2.24, 2.45) is 5.10 Å². The predicted octanol–water partition coefficient (Wildman–Crippen LogP) is 2.56. The third-order valence-corrected chi connectivity index (χ3v) is 6.58. The van der Waals surface area contributed by atoms with Gasteiger partial charge in [0, 0.05) is 25.2 Å². The van der Waals surface area contributed by atoms with Gasteiger partial charge in [-0.15, -0.1) is 0 Å². The molecular weight excluding hydrogens is 388 g/mol. The highest BCUT2D eigenvalue weighted by molar-refractivity contribution is 7.93. The highest BCUT2D eigenvalue weighted by Gasteiger charge is 2.36. The van der Waals surface area contributed by atoms with Crippen molar-refractivity contribution < 1.29 is 13.2 Å². The Balaban J connectivity index is 1.48. The van der Waals surface area contributed by atoms with E-state index in [-0.39, 0.29) is 11.4 Å². The summed E-state index contributed by atoms with van der Waals surface area (Å²) in [6, 6.07) is 18.1. The molecular formula is C21H20N4O3S. The summed E-state index contributed by atoms with van der Waals surface area (Å²) in [6.45, 7) is -0.340. The van der Waals surface area contributed by atoms with Gasteiger partial charge in [-0.3, -0.25) is 9.10 Å². The number of carbonyl (C=O) groups is 1. The van der Waals surface area contributed by atoms with Gasteiger partial charge in [0.2, 0.25) is 0 Å². The van der Waals surface area contributed by atoms with Crippen LogP contribution < -0.4 is 14.6 Å². The Bertz CT molecular complexity index is 1210. The molecule has 1 heterocycles. The van der Waals surface area contributed by atoms with Crippen LogP contribution in [0.4, 0.5) is 11.4 Å². The number of amides is 1. The lowest BCUT2D eigenvalue weighted by molar-refractivity contribution is -0.119. The maximum Gasteiger partial charge on any atom is 0.265 e. The van der Waals surface area contributed by atoms with E-state index >= 15 is 0 Å². The van der Waals surface area contributed by atoms with Crippen molar-refractivity contribution in [2.75, 3.05) is 29.8 Å². The maximum absolute atomic E-state index is 12.9. The number of sulfonamides is 1. The van der Waals surface area contributed by atoms with Crippen LogP contribution in [0.2, 0.25) is 0 Å². The van der Waals surface area contributed by atoms with Crippen LogP contribution in [-0.2, 0) is 14.8 Å². The number of anilines is 2. The molecule has 3 aromatic rings. The fourth-order valence-corrected chi connectivity index (χ4v) is 5.00. The zero-order valence-electron chi connectivity index (χ0n) is 16.0. The van der Waals surface area contributed by atoms with E-state index in [9.17, 15) is 13.2 Å². The van der Waals surface area contributed by atoms with E-state index < -0.39 is 15.9 Å². The molecule has 0 spiro atoms. The Hall–Kier alpha value is -3.39. The highest BCUT2D eigenvalue weighted by Crippen LogP contribution is 2.41. The standard InChI is InChI=1S/C21H20N4O3S/c1-24(2)17-11-9-15(10-12-17)13-22-23-20(26)14-25-18-7-3-5-16-6-4-8-19(21(16)18)29(25,27)28/h3-13H,14H2,1-2H3,(H,23,26)/b22-13-. The van der Waals surface area contributed by atoms with Crippen LogP contribution in [0.15, 0.2) is 70.7 Å². The first-order chi connectivity index (χ1) is 13.9. The Morgan fingerprint density at radius 3 is 2.45 bits per heavy atom. The smallest absolute Gasteiger partial charge is 0.265 e. The van der Waals surface area contributed by atoms with Crippen LogP contribution in [0.25, 0.3) is 10.8 Å². The molecule has 0 aliphatic carbocycles. The minimum Gasteiger partial charge on any atom is -0.378 e. The molecule has 7 nitrogen and oxygen atoms in total. The minimum atomic E-state index is -3.77. The molecule has 148 valence electrons. The third-order valence-electron chi connectivity index (χ3n) is 4.78. The highest BCUT2D eigenvalue weighted by atomic mass is 32.2. The number of nitrogens with one attached hydrogen (secondary N) is 1. The number of hydrogen-bond acceptors (Lipinski definition) is 5. The van der Waals surface area contributed by atoms with Gasteiger partial charge >= 0.3 is 0 Å². The molecule has 1 amide bonds. The summed E-state index contributed by atoms with van der Waals surface area (Å²) < 4.78 is 26.9. The number of benzene rings is 3. The summed E-state index contributed by atoms with van der Waals surface area (Å²) in [4.78, 5) is 14.6. The third kappa shape index (κ3) is 3.42. The second kappa shape index (κ2) is 7.21. The van der Waals surface area contributed by atoms with Gasteiger partial charge in [0.05, 0.1) is 16.8 Å². The molecule has 0 unspecified atom stereocenters. The fraction of sp³-hybridized carbons (Fsp3) is 0.143. The van der Waals surface area contributed by atoms with Gasteiger partial charge < -0.3 is 4.90 Å². The summed E-state index contributed by atoms with van der Waals surface area (Å²) in [7, 11) is 0.138. The van der Waals surface area contributed by atoms with Crippen LogP contribution in [0, 0.1) is 0 Å². The molecule has 0 aromatic heterocycles. The maximum atomic E-state index is 12.9. The molecule has 3 aromatic carbocycles. The summed E-state index contributed by atoms with van der Waals surface area (Å²) in [5.41, 5.74) is 4.79. The van der Waals surface area contributed by atoms with Crippen molar-refractivity contribution in [1.82, 2.24) is 5.43 Å². The second-order valence-electron chi connectivity index (χ2n) is 6.92.